The van der Waals surface area contributed by atoms with Gasteiger partial charge in [-0.05, 0) is 32.1 Å². The number of hydrogen-bond acceptors (Lipinski definition) is 2. The van der Waals surface area contributed by atoms with E-state index in [0.717, 1.165) is 19.3 Å². The van der Waals surface area contributed by atoms with Gasteiger partial charge in [0, 0.05) is 11.2 Å². The maximum absolute atomic E-state index is 11.0. The molecule has 0 radical (unpaired) electrons. The molecule has 0 amide bonds. The van der Waals surface area contributed by atoms with Crippen molar-refractivity contribution in [3.05, 3.63) is 12.2 Å². The third kappa shape index (κ3) is 16.1. The molecule has 22 heavy (non-hydrogen) atoms. The standard InChI is InChI=1S/C19H35BrO2/c1-3-4-5-6-7-8-9-10-12-15-18(20)16-13-11-14-17-19(21)22-2/h10,12,18H,3-9,11,13-17H2,1-2H3/b12-10-. The van der Waals surface area contributed by atoms with Gasteiger partial charge in [-0.2, -0.15) is 0 Å². The maximum atomic E-state index is 11.0. The molecule has 0 N–H and O–H groups in total. The Labute approximate surface area is 146 Å². The Morgan fingerprint density at radius 3 is 2.41 bits per heavy atom. The van der Waals surface area contributed by atoms with Crippen LogP contribution >= 0.6 is 15.9 Å². The van der Waals surface area contributed by atoms with E-state index in [4.69, 9.17) is 0 Å². The number of ether oxygens (including phenoxy) is 1. The summed E-state index contributed by atoms with van der Waals surface area (Å²) in [6.45, 7) is 2.26. The van der Waals surface area contributed by atoms with Crippen LogP contribution in [0.3, 0.4) is 0 Å². The van der Waals surface area contributed by atoms with E-state index in [1.54, 1.807) is 0 Å². The molecule has 0 aromatic carbocycles. The molecule has 1 unspecified atom stereocenters. The van der Waals surface area contributed by atoms with Crippen LogP contribution < -0.4 is 0 Å². The molecule has 0 aromatic rings. The summed E-state index contributed by atoms with van der Waals surface area (Å²) in [5.74, 6) is -0.0898. The number of halogens is 1. The molecule has 0 heterocycles. The van der Waals surface area contributed by atoms with Crippen LogP contribution in [0.25, 0.3) is 0 Å². The van der Waals surface area contributed by atoms with Crippen molar-refractivity contribution >= 4 is 21.9 Å². The number of carbonyl (C=O) groups excluding carboxylic acids is 1. The first-order valence-corrected chi connectivity index (χ1v) is 9.98. The number of methoxy groups -OCH3 is 1. The molecule has 0 saturated heterocycles. The van der Waals surface area contributed by atoms with E-state index in [2.05, 4.69) is 39.7 Å². The van der Waals surface area contributed by atoms with Gasteiger partial charge in [-0.15, -0.1) is 0 Å². The van der Waals surface area contributed by atoms with E-state index in [-0.39, 0.29) is 5.97 Å². The van der Waals surface area contributed by atoms with Gasteiger partial charge in [0.2, 0.25) is 0 Å². The summed E-state index contributed by atoms with van der Waals surface area (Å²) in [6, 6.07) is 0. The highest BCUT2D eigenvalue weighted by Crippen LogP contribution is 2.16. The molecule has 2 nitrogen and oxygen atoms in total. The number of rotatable bonds is 15. The van der Waals surface area contributed by atoms with Crippen molar-refractivity contribution in [3.63, 3.8) is 0 Å². The molecule has 3 heteroatoms. The SMILES string of the molecule is CCCCCCCC/C=C\CC(Br)CCCCCC(=O)OC. The Morgan fingerprint density at radius 2 is 1.68 bits per heavy atom. The van der Waals surface area contributed by atoms with Crippen LogP contribution in [0.2, 0.25) is 0 Å². The summed E-state index contributed by atoms with van der Waals surface area (Å²) in [7, 11) is 1.45. The second-order valence-electron chi connectivity index (χ2n) is 6.04. The van der Waals surface area contributed by atoms with Gasteiger partial charge in [0.05, 0.1) is 7.11 Å². The molecular formula is C19H35BrO2. The quantitative estimate of drug-likeness (QED) is 0.140. The minimum absolute atomic E-state index is 0.0898. The van der Waals surface area contributed by atoms with Gasteiger partial charge < -0.3 is 4.74 Å². The zero-order valence-corrected chi connectivity index (χ0v) is 16.2. The number of alkyl halides is 1. The number of allylic oxidation sites excluding steroid dienone is 2. The average molecular weight is 375 g/mol. The van der Waals surface area contributed by atoms with Crippen LogP contribution in [0.1, 0.15) is 90.4 Å². The lowest BCUT2D eigenvalue weighted by Crippen LogP contribution is -2.00. The predicted molar refractivity (Wildman–Crippen MR) is 99.6 cm³/mol. The van der Waals surface area contributed by atoms with E-state index in [1.807, 2.05) is 0 Å². The van der Waals surface area contributed by atoms with E-state index >= 15 is 0 Å². The predicted octanol–water partition coefficient (Wildman–Crippen LogP) is 6.57. The highest BCUT2D eigenvalue weighted by Gasteiger charge is 2.03. The third-order valence-corrected chi connectivity index (χ3v) is 4.74. The van der Waals surface area contributed by atoms with Crippen molar-refractivity contribution in [1.29, 1.82) is 0 Å². The van der Waals surface area contributed by atoms with Gasteiger partial charge in [0.15, 0.2) is 0 Å². The second kappa shape index (κ2) is 17.1. The number of esters is 1. The van der Waals surface area contributed by atoms with Gasteiger partial charge in [-0.25, -0.2) is 0 Å². The number of carbonyl (C=O) groups is 1. The van der Waals surface area contributed by atoms with Crippen molar-refractivity contribution in [2.45, 2.75) is 95.2 Å². The molecule has 130 valence electrons. The zero-order valence-electron chi connectivity index (χ0n) is 14.6. The van der Waals surface area contributed by atoms with E-state index in [0.29, 0.717) is 11.2 Å². The van der Waals surface area contributed by atoms with Crippen LogP contribution in [0.4, 0.5) is 0 Å². The summed E-state index contributed by atoms with van der Waals surface area (Å²) in [5.41, 5.74) is 0. The largest absolute Gasteiger partial charge is 0.469 e. The van der Waals surface area contributed by atoms with Gasteiger partial charge >= 0.3 is 5.97 Å². The molecule has 0 saturated carbocycles. The van der Waals surface area contributed by atoms with Crippen LogP contribution in [0, 0.1) is 0 Å². The summed E-state index contributed by atoms with van der Waals surface area (Å²) in [4.78, 5) is 11.5. The fraction of sp³-hybridized carbons (Fsp3) is 0.842. The Bertz CT molecular complexity index is 277. The normalized spacial score (nSPS) is 12.7. The highest BCUT2D eigenvalue weighted by atomic mass is 79.9. The molecule has 0 rings (SSSR count). The average Bonchev–Trinajstić information content (AvgIpc) is 2.52. The van der Waals surface area contributed by atoms with E-state index in [1.165, 1.54) is 64.9 Å². The van der Waals surface area contributed by atoms with Crippen LogP contribution in [-0.4, -0.2) is 17.9 Å². The topological polar surface area (TPSA) is 26.3 Å². The fourth-order valence-electron chi connectivity index (χ4n) is 2.44. The minimum atomic E-state index is -0.0898. The lowest BCUT2D eigenvalue weighted by atomic mass is 10.1. The monoisotopic (exact) mass is 374 g/mol. The van der Waals surface area contributed by atoms with Gasteiger partial charge in [0.1, 0.15) is 0 Å². The Kier molecular flexibility index (Phi) is 16.8. The van der Waals surface area contributed by atoms with Crippen molar-refractivity contribution in [2.24, 2.45) is 0 Å². The lowest BCUT2D eigenvalue weighted by Gasteiger charge is -2.06. The van der Waals surface area contributed by atoms with Gasteiger partial charge in [-0.1, -0.05) is 80.0 Å². The molecule has 0 bridgehead atoms. The van der Waals surface area contributed by atoms with Crippen LogP contribution in [0.5, 0.6) is 0 Å². The molecule has 1 atom stereocenters. The van der Waals surface area contributed by atoms with Gasteiger partial charge in [-0.3, -0.25) is 4.79 Å². The molecule has 0 aliphatic rings. The van der Waals surface area contributed by atoms with E-state index < -0.39 is 0 Å². The molecule has 0 fully saturated rings. The molecule has 0 aromatic heterocycles. The molecule has 0 aliphatic heterocycles. The summed E-state index contributed by atoms with van der Waals surface area (Å²) in [5, 5.41) is 0. The second-order valence-corrected chi connectivity index (χ2v) is 7.33. The van der Waals surface area contributed by atoms with E-state index in [9.17, 15) is 4.79 Å². The molecular weight excluding hydrogens is 340 g/mol. The Balaban J connectivity index is 3.32. The lowest BCUT2D eigenvalue weighted by molar-refractivity contribution is -0.140. The van der Waals surface area contributed by atoms with Gasteiger partial charge in [0.25, 0.3) is 0 Å². The first kappa shape index (κ1) is 21.7. The summed E-state index contributed by atoms with van der Waals surface area (Å²) >= 11 is 3.74. The molecule has 0 aliphatic carbocycles. The maximum Gasteiger partial charge on any atom is 0.305 e. The van der Waals surface area contributed by atoms with Crippen molar-refractivity contribution in [2.75, 3.05) is 7.11 Å². The number of unbranched alkanes of at least 4 members (excludes halogenated alkanes) is 8. The number of hydrogen-bond donors (Lipinski definition) is 0. The fourth-order valence-corrected chi connectivity index (χ4v) is 2.98. The summed E-state index contributed by atoms with van der Waals surface area (Å²) in [6.07, 6.45) is 20.2. The third-order valence-electron chi connectivity index (χ3n) is 3.91. The summed E-state index contributed by atoms with van der Waals surface area (Å²) < 4.78 is 4.63. The Morgan fingerprint density at radius 1 is 1.00 bits per heavy atom. The first-order valence-electron chi connectivity index (χ1n) is 9.06. The van der Waals surface area contributed by atoms with Crippen molar-refractivity contribution < 1.29 is 9.53 Å². The minimum Gasteiger partial charge on any atom is -0.469 e. The first-order chi connectivity index (χ1) is 10.7. The highest BCUT2D eigenvalue weighted by molar-refractivity contribution is 9.09. The smallest absolute Gasteiger partial charge is 0.305 e. The molecule has 0 spiro atoms. The van der Waals surface area contributed by atoms with Crippen LogP contribution in [0.15, 0.2) is 12.2 Å². The Hall–Kier alpha value is -0.310. The van der Waals surface area contributed by atoms with Crippen molar-refractivity contribution in [1.82, 2.24) is 0 Å². The van der Waals surface area contributed by atoms with Crippen molar-refractivity contribution in [3.8, 4) is 0 Å². The van der Waals surface area contributed by atoms with Crippen LogP contribution in [-0.2, 0) is 9.53 Å². The zero-order chi connectivity index (χ0) is 16.5.